The molecule has 0 radical (unpaired) electrons. The van der Waals surface area contributed by atoms with Gasteiger partial charge < -0.3 is 4.74 Å². The first-order chi connectivity index (χ1) is 15.5. The monoisotopic (exact) mass is 440 g/mol. The van der Waals surface area contributed by atoms with Crippen molar-refractivity contribution in [3.05, 3.63) is 0 Å². The van der Waals surface area contributed by atoms with Crippen molar-refractivity contribution in [1.29, 1.82) is 0 Å². The topological polar surface area (TPSA) is 9.23 Å². The Morgan fingerprint density at radius 3 is 2.06 bits per heavy atom. The number of fused-ring (bicyclic) bond motifs is 8. The molecule has 2 saturated heterocycles. The average molecular weight is 441 g/mol. The van der Waals surface area contributed by atoms with Gasteiger partial charge in [0.05, 0.1) is 12.2 Å². The fourth-order valence-electron chi connectivity index (χ4n) is 10.9. The van der Waals surface area contributed by atoms with Gasteiger partial charge in [0.1, 0.15) is 0 Å². The summed E-state index contributed by atoms with van der Waals surface area (Å²) in [5.41, 5.74) is 0. The third-order valence-electron chi connectivity index (χ3n) is 12.5. The van der Waals surface area contributed by atoms with Crippen LogP contribution in [-0.2, 0) is 4.74 Å². The van der Waals surface area contributed by atoms with E-state index in [9.17, 15) is 0 Å². The van der Waals surface area contributed by atoms with E-state index in [1.54, 1.807) is 38.5 Å². The van der Waals surface area contributed by atoms with E-state index in [2.05, 4.69) is 27.7 Å². The van der Waals surface area contributed by atoms with Crippen molar-refractivity contribution < 1.29 is 4.74 Å². The average Bonchev–Trinajstić information content (AvgIpc) is 2.79. The summed E-state index contributed by atoms with van der Waals surface area (Å²) < 4.78 is 6.77. The molecule has 2 aliphatic heterocycles. The number of rotatable bonds is 7. The number of hydrogen-bond donors (Lipinski definition) is 0. The molecule has 1 nitrogen and oxygen atoms in total. The summed E-state index contributed by atoms with van der Waals surface area (Å²) in [7, 11) is 0. The van der Waals surface area contributed by atoms with Crippen molar-refractivity contribution in [2.75, 3.05) is 0 Å². The molecule has 0 aromatic rings. The van der Waals surface area contributed by atoms with Crippen LogP contribution in [0.1, 0.15) is 111 Å². The van der Waals surface area contributed by atoms with Crippen molar-refractivity contribution in [2.24, 2.45) is 71.0 Å². The Bertz CT molecular complexity index is 645. The van der Waals surface area contributed by atoms with Crippen molar-refractivity contribution in [3.8, 4) is 0 Å². The second-order valence-electron chi connectivity index (χ2n) is 14.4. The van der Waals surface area contributed by atoms with Gasteiger partial charge in [0.25, 0.3) is 0 Å². The van der Waals surface area contributed by atoms with Gasteiger partial charge in [-0.15, -0.1) is 0 Å². The minimum absolute atomic E-state index is 0.591. The van der Waals surface area contributed by atoms with E-state index in [0.717, 1.165) is 71.0 Å². The molecule has 182 valence electrons. The van der Waals surface area contributed by atoms with Crippen LogP contribution in [0.3, 0.4) is 0 Å². The van der Waals surface area contributed by atoms with Crippen LogP contribution in [0.2, 0.25) is 0 Å². The Morgan fingerprint density at radius 2 is 1.41 bits per heavy atom. The van der Waals surface area contributed by atoms with E-state index in [1.807, 2.05) is 0 Å². The molecule has 0 N–H and O–H groups in total. The lowest BCUT2D eigenvalue weighted by atomic mass is 9.49. The fraction of sp³-hybridized carbons (Fsp3) is 1.00. The summed E-state index contributed by atoms with van der Waals surface area (Å²) in [5.74, 6) is 12.0. The van der Waals surface area contributed by atoms with Gasteiger partial charge >= 0.3 is 0 Å². The quantitative estimate of drug-likeness (QED) is 0.386. The summed E-state index contributed by atoms with van der Waals surface area (Å²) in [6.45, 7) is 10.3. The smallest absolute Gasteiger partial charge is 0.0612 e. The van der Waals surface area contributed by atoms with Crippen LogP contribution in [0.25, 0.3) is 0 Å². The maximum atomic E-state index is 6.77. The zero-order chi connectivity index (χ0) is 22.0. The van der Waals surface area contributed by atoms with Crippen LogP contribution >= 0.6 is 0 Å². The third-order valence-corrected chi connectivity index (χ3v) is 12.5. The van der Waals surface area contributed by atoms with Crippen molar-refractivity contribution in [2.45, 2.75) is 123 Å². The number of ether oxygens (including phenoxy) is 1. The van der Waals surface area contributed by atoms with Crippen molar-refractivity contribution >= 4 is 0 Å². The SMILES string of the molecule is CC(C)C1C2CCC(CC(C)C3CC4CCC3C(CC(C)C3CC5CCC3CC5)O4)C1C2. The fourth-order valence-corrected chi connectivity index (χ4v) is 10.9. The first-order valence-corrected chi connectivity index (χ1v) is 15.1. The van der Waals surface area contributed by atoms with Gasteiger partial charge in [0.15, 0.2) is 0 Å². The van der Waals surface area contributed by atoms with E-state index in [1.165, 1.54) is 44.9 Å². The van der Waals surface area contributed by atoms with Gasteiger partial charge in [0, 0.05) is 0 Å². The van der Waals surface area contributed by atoms with Crippen LogP contribution < -0.4 is 0 Å². The zero-order valence-corrected chi connectivity index (χ0v) is 21.7. The minimum atomic E-state index is 0.591. The minimum Gasteiger partial charge on any atom is -0.375 e. The Balaban J connectivity index is 1.08. The summed E-state index contributed by atoms with van der Waals surface area (Å²) in [6, 6.07) is 0. The molecule has 0 spiro atoms. The third kappa shape index (κ3) is 3.93. The van der Waals surface area contributed by atoms with Crippen LogP contribution in [0.4, 0.5) is 0 Å². The molecule has 0 aromatic carbocycles. The van der Waals surface area contributed by atoms with Gasteiger partial charge in [-0.05, 0) is 142 Å². The highest BCUT2D eigenvalue weighted by Gasteiger charge is 2.51. The van der Waals surface area contributed by atoms with Crippen LogP contribution in [0.5, 0.6) is 0 Å². The zero-order valence-electron chi connectivity index (χ0n) is 21.7. The van der Waals surface area contributed by atoms with Gasteiger partial charge in [-0.3, -0.25) is 0 Å². The molecule has 9 rings (SSSR count). The molecule has 7 saturated carbocycles. The first-order valence-electron chi connectivity index (χ1n) is 15.1. The second kappa shape index (κ2) is 8.87. The Labute approximate surface area is 199 Å². The predicted octanol–water partition coefficient (Wildman–Crippen LogP) is 8.37. The van der Waals surface area contributed by atoms with E-state index >= 15 is 0 Å². The molecule has 32 heavy (non-hydrogen) atoms. The van der Waals surface area contributed by atoms with E-state index < -0.39 is 0 Å². The Hall–Kier alpha value is -0.0400. The highest BCUT2D eigenvalue weighted by Crippen LogP contribution is 2.59. The van der Waals surface area contributed by atoms with E-state index in [4.69, 9.17) is 4.74 Å². The van der Waals surface area contributed by atoms with E-state index in [-0.39, 0.29) is 0 Å². The summed E-state index contributed by atoms with van der Waals surface area (Å²) in [5, 5.41) is 0. The molecule has 11 atom stereocenters. The standard InChI is InChI=1S/C31H52O/c1-18(2)31-24-10-9-23(29(31)16-24)13-19(3)28-17-25-11-12-26(28)30(32-25)14-20(4)27-15-21-5-7-22(27)8-6-21/h18-31H,5-17H2,1-4H3. The highest BCUT2D eigenvalue weighted by atomic mass is 16.5. The van der Waals surface area contributed by atoms with Crippen LogP contribution in [0, 0.1) is 71.0 Å². The summed E-state index contributed by atoms with van der Waals surface area (Å²) in [4.78, 5) is 0. The maximum Gasteiger partial charge on any atom is 0.0612 e. The molecule has 9 aliphatic rings. The maximum absolute atomic E-state index is 6.77. The molecule has 7 aliphatic carbocycles. The molecule has 11 unspecified atom stereocenters. The summed E-state index contributed by atoms with van der Waals surface area (Å²) >= 11 is 0. The lowest BCUT2D eigenvalue weighted by Crippen LogP contribution is -2.51. The second-order valence-corrected chi connectivity index (χ2v) is 14.4. The molecule has 0 amide bonds. The van der Waals surface area contributed by atoms with Gasteiger partial charge in [0.2, 0.25) is 0 Å². The van der Waals surface area contributed by atoms with Crippen molar-refractivity contribution in [3.63, 3.8) is 0 Å². The Morgan fingerprint density at radius 1 is 0.656 bits per heavy atom. The summed E-state index contributed by atoms with van der Waals surface area (Å²) in [6.07, 6.45) is 20.7. The lowest BCUT2D eigenvalue weighted by Gasteiger charge is -2.57. The van der Waals surface area contributed by atoms with Gasteiger partial charge in [-0.2, -0.15) is 0 Å². The van der Waals surface area contributed by atoms with Crippen molar-refractivity contribution in [1.82, 2.24) is 0 Å². The van der Waals surface area contributed by atoms with Gasteiger partial charge in [-0.1, -0.05) is 40.5 Å². The first kappa shape index (κ1) is 22.4. The molecule has 6 bridgehead atoms. The number of hydrogen-bond acceptors (Lipinski definition) is 1. The molecular formula is C31H52O. The van der Waals surface area contributed by atoms with Crippen LogP contribution in [0.15, 0.2) is 0 Å². The molecule has 2 heterocycles. The lowest BCUT2D eigenvalue weighted by molar-refractivity contribution is -0.172. The predicted molar refractivity (Wildman–Crippen MR) is 133 cm³/mol. The normalized spacial score (nSPS) is 51.5. The Kier molecular flexibility index (Phi) is 6.22. The largest absolute Gasteiger partial charge is 0.375 e. The molecule has 1 heteroatoms. The molecule has 9 fully saturated rings. The van der Waals surface area contributed by atoms with Crippen LogP contribution in [-0.4, -0.2) is 12.2 Å². The van der Waals surface area contributed by atoms with Gasteiger partial charge in [-0.25, -0.2) is 0 Å². The molecular weight excluding hydrogens is 388 g/mol. The van der Waals surface area contributed by atoms with E-state index in [0.29, 0.717) is 12.2 Å². The highest BCUT2D eigenvalue weighted by molar-refractivity contribution is 5.01. The molecule has 0 aromatic heterocycles.